The summed E-state index contributed by atoms with van der Waals surface area (Å²) in [6, 6.07) is 8.66. The summed E-state index contributed by atoms with van der Waals surface area (Å²) in [5.74, 6) is 3.67. The maximum Gasteiger partial charge on any atom is 0.324 e. The van der Waals surface area contributed by atoms with Gasteiger partial charge >= 0.3 is 6.03 Å². The Morgan fingerprint density at radius 1 is 1.35 bits per heavy atom. The van der Waals surface area contributed by atoms with Gasteiger partial charge in [0.05, 0.1) is 5.69 Å². The Morgan fingerprint density at radius 3 is 2.95 bits per heavy atom. The molecule has 1 aromatic carbocycles. The largest absolute Gasteiger partial charge is 0.324 e. The smallest absolute Gasteiger partial charge is 0.308 e. The van der Waals surface area contributed by atoms with Crippen LogP contribution < -0.4 is 10.6 Å². The monoisotopic (exact) mass is 266 g/mol. The molecule has 100 valence electrons. The molecule has 0 radical (unpaired) electrons. The van der Waals surface area contributed by atoms with E-state index in [2.05, 4.69) is 26.8 Å². The van der Waals surface area contributed by atoms with Gasteiger partial charge in [-0.1, -0.05) is 12.0 Å². The molecule has 0 spiro atoms. The molecular weight excluding hydrogens is 252 g/mol. The molecule has 0 saturated heterocycles. The molecule has 0 bridgehead atoms. The second kappa shape index (κ2) is 5.10. The lowest BCUT2D eigenvalue weighted by atomic mass is 10.2. The van der Waals surface area contributed by atoms with Crippen LogP contribution in [0.5, 0.6) is 0 Å². The van der Waals surface area contributed by atoms with Gasteiger partial charge < -0.3 is 5.32 Å². The standard InChI is InChI=1S/C15H14N4O/c1-2-10-4-3-5-12(8-10)16-15(20)17-14-9-13(18-19-14)11-6-7-11/h1,3-5,8-9,11H,6-7H2,(H3,16,17,18,19,20). The van der Waals surface area contributed by atoms with Crippen molar-refractivity contribution >= 4 is 17.5 Å². The first-order valence-corrected chi connectivity index (χ1v) is 6.44. The van der Waals surface area contributed by atoms with E-state index in [1.807, 2.05) is 6.07 Å². The number of amides is 2. The van der Waals surface area contributed by atoms with Gasteiger partial charge in [0.15, 0.2) is 0 Å². The summed E-state index contributed by atoms with van der Waals surface area (Å²) in [4.78, 5) is 11.9. The van der Waals surface area contributed by atoms with E-state index in [0.29, 0.717) is 17.4 Å². The SMILES string of the molecule is C#Cc1cccc(NC(=O)Nc2cc(C3CC3)n[nH]2)c1. The van der Waals surface area contributed by atoms with Crippen LogP contribution in [0.3, 0.4) is 0 Å². The minimum absolute atomic E-state index is 0.329. The van der Waals surface area contributed by atoms with Gasteiger partial charge in [0.1, 0.15) is 5.82 Å². The Balaban J connectivity index is 1.62. The van der Waals surface area contributed by atoms with Crippen LogP contribution in [0, 0.1) is 12.3 Å². The van der Waals surface area contributed by atoms with Gasteiger partial charge in [-0.25, -0.2) is 4.79 Å². The number of urea groups is 1. The molecule has 1 fully saturated rings. The van der Waals surface area contributed by atoms with E-state index in [9.17, 15) is 4.79 Å². The molecule has 5 nitrogen and oxygen atoms in total. The van der Waals surface area contributed by atoms with Gasteiger partial charge in [-0.05, 0) is 31.0 Å². The summed E-state index contributed by atoms with van der Waals surface area (Å²) in [6.07, 6.45) is 7.67. The van der Waals surface area contributed by atoms with Gasteiger partial charge in [0.25, 0.3) is 0 Å². The van der Waals surface area contributed by atoms with Crippen LogP contribution in [0.1, 0.15) is 30.0 Å². The number of aromatic nitrogens is 2. The number of benzene rings is 1. The van der Waals surface area contributed by atoms with E-state index >= 15 is 0 Å². The first-order valence-electron chi connectivity index (χ1n) is 6.44. The second-order valence-corrected chi connectivity index (χ2v) is 4.79. The number of carbonyl (C=O) groups excluding carboxylic acids is 1. The van der Waals surface area contributed by atoms with Crippen molar-refractivity contribution in [3.63, 3.8) is 0 Å². The van der Waals surface area contributed by atoms with Crippen LogP contribution in [0.15, 0.2) is 30.3 Å². The van der Waals surface area contributed by atoms with Gasteiger partial charge in [-0.15, -0.1) is 6.42 Å². The van der Waals surface area contributed by atoms with Crippen LogP contribution in [-0.2, 0) is 0 Å². The number of H-pyrrole nitrogens is 1. The zero-order valence-electron chi connectivity index (χ0n) is 10.8. The molecule has 5 heteroatoms. The summed E-state index contributed by atoms with van der Waals surface area (Å²) in [7, 11) is 0. The van der Waals surface area contributed by atoms with Crippen molar-refractivity contribution in [2.45, 2.75) is 18.8 Å². The van der Waals surface area contributed by atoms with E-state index in [1.54, 1.807) is 24.3 Å². The number of hydrogen-bond donors (Lipinski definition) is 3. The number of hydrogen-bond acceptors (Lipinski definition) is 2. The van der Waals surface area contributed by atoms with Gasteiger partial charge in [0, 0.05) is 23.2 Å². The molecule has 1 saturated carbocycles. The summed E-state index contributed by atoms with van der Waals surface area (Å²) in [6.45, 7) is 0. The lowest BCUT2D eigenvalue weighted by Crippen LogP contribution is -2.19. The van der Waals surface area contributed by atoms with Crippen molar-refractivity contribution in [1.29, 1.82) is 0 Å². The van der Waals surface area contributed by atoms with Crippen LogP contribution in [0.2, 0.25) is 0 Å². The molecule has 3 rings (SSSR count). The van der Waals surface area contributed by atoms with Gasteiger partial charge in [-0.2, -0.15) is 5.10 Å². The fourth-order valence-corrected chi connectivity index (χ4v) is 1.96. The summed E-state index contributed by atoms with van der Waals surface area (Å²) in [5.41, 5.74) is 2.38. The number of aromatic amines is 1. The normalized spacial score (nSPS) is 13.6. The molecule has 2 aromatic rings. The highest BCUT2D eigenvalue weighted by Gasteiger charge is 2.26. The molecule has 0 unspecified atom stereocenters. The molecule has 2 amide bonds. The fourth-order valence-electron chi connectivity index (χ4n) is 1.96. The van der Waals surface area contributed by atoms with Crippen molar-refractivity contribution in [2.75, 3.05) is 10.6 Å². The summed E-state index contributed by atoms with van der Waals surface area (Å²) >= 11 is 0. The van der Waals surface area contributed by atoms with Crippen LogP contribution in [0.25, 0.3) is 0 Å². The number of terminal acetylenes is 1. The minimum Gasteiger partial charge on any atom is -0.308 e. The predicted molar refractivity (Wildman–Crippen MR) is 77.6 cm³/mol. The van der Waals surface area contributed by atoms with Crippen LogP contribution in [0.4, 0.5) is 16.3 Å². The van der Waals surface area contributed by atoms with Crippen LogP contribution in [-0.4, -0.2) is 16.2 Å². The molecule has 3 N–H and O–H groups in total. The Bertz CT molecular complexity index is 679. The van der Waals surface area contributed by atoms with E-state index in [-0.39, 0.29) is 6.03 Å². The molecule has 1 aliphatic carbocycles. The fraction of sp³-hybridized carbons (Fsp3) is 0.200. The minimum atomic E-state index is -0.329. The topological polar surface area (TPSA) is 69.8 Å². The Labute approximate surface area is 116 Å². The predicted octanol–water partition coefficient (Wildman–Crippen LogP) is 2.91. The molecule has 0 atom stereocenters. The van der Waals surface area contributed by atoms with Crippen molar-refractivity contribution in [2.24, 2.45) is 0 Å². The Morgan fingerprint density at radius 2 is 2.20 bits per heavy atom. The van der Waals surface area contributed by atoms with Gasteiger partial charge in [-0.3, -0.25) is 10.4 Å². The Hall–Kier alpha value is -2.74. The highest BCUT2D eigenvalue weighted by atomic mass is 16.2. The van der Waals surface area contributed by atoms with Crippen molar-refractivity contribution in [3.8, 4) is 12.3 Å². The van der Waals surface area contributed by atoms with E-state index in [0.717, 1.165) is 11.3 Å². The third-order valence-electron chi connectivity index (χ3n) is 3.13. The van der Waals surface area contributed by atoms with Crippen LogP contribution >= 0.6 is 0 Å². The highest BCUT2D eigenvalue weighted by molar-refractivity contribution is 5.99. The lowest BCUT2D eigenvalue weighted by molar-refractivity contribution is 0.262. The first kappa shape index (κ1) is 12.3. The molecular formula is C15H14N4O. The third-order valence-corrected chi connectivity index (χ3v) is 3.13. The molecule has 1 heterocycles. The van der Waals surface area contributed by atoms with Crippen molar-refractivity contribution in [3.05, 3.63) is 41.6 Å². The number of rotatable bonds is 3. The second-order valence-electron chi connectivity index (χ2n) is 4.79. The maximum atomic E-state index is 11.9. The van der Waals surface area contributed by atoms with Crippen molar-refractivity contribution in [1.82, 2.24) is 10.2 Å². The Kier molecular flexibility index (Phi) is 3.13. The highest BCUT2D eigenvalue weighted by Crippen LogP contribution is 2.39. The first-order chi connectivity index (χ1) is 9.74. The molecule has 0 aliphatic heterocycles. The molecule has 20 heavy (non-hydrogen) atoms. The average molecular weight is 266 g/mol. The molecule has 1 aromatic heterocycles. The number of carbonyl (C=O) groups is 1. The summed E-state index contributed by atoms with van der Waals surface area (Å²) in [5, 5.41) is 12.4. The number of nitrogens with zero attached hydrogens (tertiary/aromatic N) is 1. The third kappa shape index (κ3) is 2.81. The quantitative estimate of drug-likeness (QED) is 0.747. The van der Waals surface area contributed by atoms with Crippen molar-refractivity contribution < 1.29 is 4.79 Å². The van der Waals surface area contributed by atoms with Gasteiger partial charge in [0.2, 0.25) is 0 Å². The zero-order valence-corrected chi connectivity index (χ0v) is 10.8. The van der Waals surface area contributed by atoms with E-state index < -0.39 is 0 Å². The van der Waals surface area contributed by atoms with E-state index in [1.165, 1.54) is 12.8 Å². The maximum absolute atomic E-state index is 11.9. The lowest BCUT2D eigenvalue weighted by Gasteiger charge is -2.06. The summed E-state index contributed by atoms with van der Waals surface area (Å²) < 4.78 is 0. The number of anilines is 2. The van der Waals surface area contributed by atoms with E-state index in [4.69, 9.17) is 6.42 Å². The zero-order chi connectivity index (χ0) is 13.9. The molecule has 1 aliphatic rings. The number of nitrogens with one attached hydrogen (secondary N) is 3. The average Bonchev–Trinajstić information content (AvgIpc) is 3.20.